The second-order valence-corrected chi connectivity index (χ2v) is 6.42. The normalized spacial score (nSPS) is 15.8. The van der Waals surface area contributed by atoms with Crippen LogP contribution >= 0.6 is 0 Å². The molecule has 24 heavy (non-hydrogen) atoms. The molecular weight excluding hydrogens is 296 g/mol. The van der Waals surface area contributed by atoms with Crippen molar-refractivity contribution in [3.05, 3.63) is 66.1 Å². The van der Waals surface area contributed by atoms with Gasteiger partial charge >= 0.3 is 0 Å². The molecule has 2 aromatic heterocycles. The molecule has 0 bridgehead atoms. The first-order valence-electron chi connectivity index (χ1n) is 8.52. The third-order valence-electron chi connectivity index (χ3n) is 4.69. The number of aryl methyl sites for hydroxylation is 1. The fourth-order valence-corrected chi connectivity index (χ4v) is 3.44. The van der Waals surface area contributed by atoms with Crippen LogP contribution in [0, 0.1) is 6.92 Å². The predicted molar refractivity (Wildman–Crippen MR) is 98.2 cm³/mol. The molecule has 0 aliphatic carbocycles. The van der Waals surface area contributed by atoms with Crippen molar-refractivity contribution in [3.8, 4) is 0 Å². The third-order valence-corrected chi connectivity index (χ3v) is 4.69. The molecule has 1 saturated heterocycles. The van der Waals surface area contributed by atoms with Crippen LogP contribution in [0.2, 0.25) is 0 Å². The van der Waals surface area contributed by atoms with E-state index in [1.165, 1.54) is 16.6 Å². The minimum absolute atomic E-state index is 1.01. The first-order valence-corrected chi connectivity index (χ1v) is 8.52. The highest BCUT2D eigenvalue weighted by atomic mass is 15.3. The summed E-state index contributed by atoms with van der Waals surface area (Å²) in [6.07, 6.45) is 3.74. The average molecular weight is 318 g/mol. The molecule has 1 aliphatic rings. The number of anilines is 1. The van der Waals surface area contributed by atoms with E-state index in [9.17, 15) is 0 Å². The number of aromatic nitrogens is 2. The van der Waals surface area contributed by atoms with Gasteiger partial charge in [0.1, 0.15) is 0 Å². The fourth-order valence-electron chi connectivity index (χ4n) is 3.44. The van der Waals surface area contributed by atoms with Crippen LogP contribution in [0.5, 0.6) is 0 Å². The van der Waals surface area contributed by atoms with Crippen molar-refractivity contribution in [3.63, 3.8) is 0 Å². The van der Waals surface area contributed by atoms with E-state index in [0.717, 1.165) is 43.9 Å². The molecule has 0 N–H and O–H groups in total. The highest BCUT2D eigenvalue weighted by Gasteiger charge is 2.19. The Morgan fingerprint density at radius 3 is 2.50 bits per heavy atom. The van der Waals surface area contributed by atoms with E-state index in [0.29, 0.717) is 0 Å². The van der Waals surface area contributed by atoms with Crippen molar-refractivity contribution in [2.24, 2.45) is 0 Å². The van der Waals surface area contributed by atoms with Crippen molar-refractivity contribution in [2.75, 3.05) is 31.1 Å². The van der Waals surface area contributed by atoms with Gasteiger partial charge in [-0.15, -0.1) is 0 Å². The smallest absolute Gasteiger partial charge is 0.0726 e. The van der Waals surface area contributed by atoms with E-state index in [2.05, 4.69) is 69.2 Å². The lowest BCUT2D eigenvalue weighted by atomic mass is 10.1. The molecule has 1 aliphatic heterocycles. The van der Waals surface area contributed by atoms with Gasteiger partial charge in [-0.05, 0) is 36.8 Å². The zero-order valence-electron chi connectivity index (χ0n) is 14.0. The van der Waals surface area contributed by atoms with Gasteiger partial charge in [0.15, 0.2) is 0 Å². The van der Waals surface area contributed by atoms with E-state index < -0.39 is 0 Å². The molecule has 0 unspecified atom stereocenters. The number of hydrogen-bond donors (Lipinski definition) is 0. The van der Waals surface area contributed by atoms with E-state index >= 15 is 0 Å². The summed E-state index contributed by atoms with van der Waals surface area (Å²) in [7, 11) is 0. The van der Waals surface area contributed by atoms with E-state index in [4.69, 9.17) is 0 Å². The van der Waals surface area contributed by atoms with Crippen molar-refractivity contribution in [2.45, 2.75) is 13.5 Å². The lowest BCUT2D eigenvalue weighted by Crippen LogP contribution is -2.46. The van der Waals surface area contributed by atoms with Crippen LogP contribution < -0.4 is 4.90 Å². The Hall–Kier alpha value is -2.46. The molecular formula is C20H22N4. The molecule has 122 valence electrons. The van der Waals surface area contributed by atoms with Gasteiger partial charge in [0, 0.05) is 61.9 Å². The maximum absolute atomic E-state index is 4.66. The number of rotatable bonds is 3. The minimum Gasteiger partial charge on any atom is -0.368 e. The molecule has 3 heterocycles. The third kappa shape index (κ3) is 3.10. The Morgan fingerprint density at radius 2 is 1.71 bits per heavy atom. The molecule has 1 fully saturated rings. The molecule has 0 saturated carbocycles. The molecule has 0 atom stereocenters. The van der Waals surface area contributed by atoms with Crippen LogP contribution in [0.4, 0.5) is 5.69 Å². The number of hydrogen-bond acceptors (Lipinski definition) is 4. The van der Waals surface area contributed by atoms with Crippen molar-refractivity contribution < 1.29 is 0 Å². The van der Waals surface area contributed by atoms with E-state index in [1.807, 2.05) is 12.4 Å². The molecule has 4 nitrogen and oxygen atoms in total. The zero-order chi connectivity index (χ0) is 16.4. The highest BCUT2D eigenvalue weighted by Crippen LogP contribution is 2.27. The average Bonchev–Trinajstić information content (AvgIpc) is 2.62. The molecule has 4 rings (SSSR count). The van der Waals surface area contributed by atoms with Gasteiger partial charge in [-0.3, -0.25) is 14.9 Å². The van der Waals surface area contributed by atoms with Crippen molar-refractivity contribution in [1.82, 2.24) is 14.9 Å². The van der Waals surface area contributed by atoms with Crippen LogP contribution in [0.15, 0.2) is 54.9 Å². The monoisotopic (exact) mass is 318 g/mol. The van der Waals surface area contributed by atoms with Gasteiger partial charge in [0.2, 0.25) is 0 Å². The Bertz CT molecular complexity index is 823. The Morgan fingerprint density at radius 1 is 0.958 bits per heavy atom. The number of para-hydroxylation sites is 1. The van der Waals surface area contributed by atoms with Gasteiger partial charge in [-0.2, -0.15) is 0 Å². The van der Waals surface area contributed by atoms with Crippen LogP contribution in [0.25, 0.3) is 10.9 Å². The lowest BCUT2D eigenvalue weighted by molar-refractivity contribution is 0.250. The molecule has 0 radical (unpaired) electrons. The summed E-state index contributed by atoms with van der Waals surface area (Å²) in [5.41, 5.74) is 4.83. The molecule has 1 aromatic carbocycles. The van der Waals surface area contributed by atoms with Gasteiger partial charge in [0.05, 0.1) is 5.52 Å². The standard InChI is InChI=1S/C20H22N4/c1-16-14-20(18-4-2-3-5-19(18)22-16)24-12-10-23(11-13-24)15-17-6-8-21-9-7-17/h2-9,14H,10-13,15H2,1H3. The van der Waals surface area contributed by atoms with Crippen LogP contribution in [-0.2, 0) is 6.54 Å². The van der Waals surface area contributed by atoms with Crippen LogP contribution in [-0.4, -0.2) is 41.0 Å². The fraction of sp³-hybridized carbons (Fsp3) is 0.300. The predicted octanol–water partition coefficient (Wildman–Crippen LogP) is 3.26. The maximum Gasteiger partial charge on any atom is 0.0726 e. The van der Waals surface area contributed by atoms with Gasteiger partial charge in [0.25, 0.3) is 0 Å². The SMILES string of the molecule is Cc1cc(N2CCN(Cc3ccncc3)CC2)c2ccccc2n1. The van der Waals surface area contributed by atoms with Crippen LogP contribution in [0.1, 0.15) is 11.3 Å². The topological polar surface area (TPSA) is 32.3 Å². The summed E-state index contributed by atoms with van der Waals surface area (Å²) in [6, 6.07) is 14.9. The van der Waals surface area contributed by atoms with E-state index in [-0.39, 0.29) is 0 Å². The summed E-state index contributed by atoms with van der Waals surface area (Å²) >= 11 is 0. The molecule has 3 aromatic rings. The van der Waals surface area contributed by atoms with Crippen LogP contribution in [0.3, 0.4) is 0 Å². The van der Waals surface area contributed by atoms with Gasteiger partial charge in [-0.25, -0.2) is 0 Å². The number of fused-ring (bicyclic) bond motifs is 1. The lowest BCUT2D eigenvalue weighted by Gasteiger charge is -2.36. The van der Waals surface area contributed by atoms with E-state index in [1.54, 1.807) is 0 Å². The van der Waals surface area contributed by atoms with Gasteiger partial charge < -0.3 is 4.90 Å². The number of pyridine rings is 2. The summed E-state index contributed by atoms with van der Waals surface area (Å²) in [5.74, 6) is 0. The minimum atomic E-state index is 1.01. The zero-order valence-corrected chi connectivity index (χ0v) is 14.0. The Balaban J connectivity index is 1.50. The molecule has 4 heteroatoms. The van der Waals surface area contributed by atoms with Gasteiger partial charge in [-0.1, -0.05) is 18.2 Å². The number of benzene rings is 1. The quantitative estimate of drug-likeness (QED) is 0.742. The highest BCUT2D eigenvalue weighted by molar-refractivity contribution is 5.92. The maximum atomic E-state index is 4.66. The molecule has 0 spiro atoms. The Kier molecular flexibility index (Phi) is 4.13. The second kappa shape index (κ2) is 6.57. The molecule has 0 amide bonds. The van der Waals surface area contributed by atoms with Crippen molar-refractivity contribution >= 4 is 16.6 Å². The second-order valence-electron chi connectivity index (χ2n) is 6.42. The largest absolute Gasteiger partial charge is 0.368 e. The number of piperazine rings is 1. The summed E-state index contributed by atoms with van der Waals surface area (Å²) in [4.78, 5) is 13.8. The van der Waals surface area contributed by atoms with Crippen molar-refractivity contribution in [1.29, 1.82) is 0 Å². The summed E-state index contributed by atoms with van der Waals surface area (Å²) in [5, 5.41) is 1.26. The number of nitrogens with zero attached hydrogens (tertiary/aromatic N) is 4. The summed E-state index contributed by atoms with van der Waals surface area (Å²) in [6.45, 7) is 7.36. The first-order chi connectivity index (χ1) is 11.8. The first kappa shape index (κ1) is 15.1. The Labute approximate surface area is 142 Å². The summed E-state index contributed by atoms with van der Waals surface area (Å²) < 4.78 is 0.